The largest absolute Gasteiger partial charge is 0.462 e. The summed E-state index contributed by atoms with van der Waals surface area (Å²) in [6, 6.07) is 0. The standard InChI is InChI=1S/C77H130O6/c1-4-7-10-13-16-18-20-22-24-26-28-30-32-34-36-37-38-39-41-42-44-46-48-50-52-54-56-58-61-64-67-70-76(79)82-73-74(72-81-75(78)69-66-63-60-15-12-9-6-3)83-77(80)71-68-65-62-59-57-55-53-51-49-47-45-43-40-35-33-31-29-27-25-23-21-19-17-14-11-8-5-2/h7-8,10-11,16-19,22-25,28-31,35,40,45,47,74H,4-6,9,12-15,20-21,26-27,32-34,36-39,41-44,46,48-73H2,1-3H3/b10-7-,11-8-,18-16-,19-17-,24-22-,25-23-,30-28-,31-29-,40-35-,47-45-. The van der Waals surface area contributed by atoms with Gasteiger partial charge in [0.2, 0.25) is 0 Å². The van der Waals surface area contributed by atoms with E-state index < -0.39 is 6.10 Å². The first-order chi connectivity index (χ1) is 41.0. The van der Waals surface area contributed by atoms with Gasteiger partial charge in [-0.1, -0.05) is 322 Å². The van der Waals surface area contributed by atoms with E-state index in [1.165, 1.54) is 161 Å². The summed E-state index contributed by atoms with van der Waals surface area (Å²) in [7, 11) is 0. The zero-order chi connectivity index (χ0) is 59.9. The van der Waals surface area contributed by atoms with Gasteiger partial charge in [-0.05, 0) is 109 Å². The Kier molecular flexibility index (Phi) is 66.7. The quantitative estimate of drug-likeness (QED) is 0.0261. The number of hydrogen-bond donors (Lipinski definition) is 0. The van der Waals surface area contributed by atoms with Crippen molar-refractivity contribution in [2.24, 2.45) is 0 Å². The van der Waals surface area contributed by atoms with Crippen LogP contribution >= 0.6 is 0 Å². The lowest BCUT2D eigenvalue weighted by atomic mass is 10.0. The highest BCUT2D eigenvalue weighted by Crippen LogP contribution is 2.17. The Morgan fingerprint density at radius 3 is 0.735 bits per heavy atom. The molecular formula is C77H130O6. The predicted molar refractivity (Wildman–Crippen MR) is 362 cm³/mol. The lowest BCUT2D eigenvalue weighted by molar-refractivity contribution is -0.167. The lowest BCUT2D eigenvalue weighted by Crippen LogP contribution is -2.30. The van der Waals surface area contributed by atoms with Crippen molar-refractivity contribution >= 4 is 17.9 Å². The van der Waals surface area contributed by atoms with Crippen LogP contribution in [0.25, 0.3) is 0 Å². The van der Waals surface area contributed by atoms with Crippen molar-refractivity contribution in [1.82, 2.24) is 0 Å². The highest BCUT2D eigenvalue weighted by molar-refractivity contribution is 5.71. The molecule has 0 saturated carbocycles. The van der Waals surface area contributed by atoms with E-state index in [-0.39, 0.29) is 31.1 Å². The molecule has 1 unspecified atom stereocenters. The normalized spacial score (nSPS) is 12.9. The van der Waals surface area contributed by atoms with Crippen molar-refractivity contribution < 1.29 is 28.6 Å². The molecule has 0 heterocycles. The third-order valence-electron chi connectivity index (χ3n) is 15.0. The molecule has 0 bridgehead atoms. The first-order valence-corrected chi connectivity index (χ1v) is 35.0. The molecule has 0 rings (SSSR count). The van der Waals surface area contributed by atoms with Crippen LogP contribution in [0.3, 0.4) is 0 Å². The van der Waals surface area contributed by atoms with Gasteiger partial charge in [-0.2, -0.15) is 0 Å². The summed E-state index contributed by atoms with van der Waals surface area (Å²) in [5.74, 6) is -0.884. The van der Waals surface area contributed by atoms with Crippen molar-refractivity contribution in [3.05, 3.63) is 122 Å². The fourth-order valence-corrected chi connectivity index (χ4v) is 9.79. The number of allylic oxidation sites excluding steroid dienone is 20. The van der Waals surface area contributed by atoms with E-state index in [2.05, 4.69) is 142 Å². The molecule has 0 amide bonds. The second-order valence-corrected chi connectivity index (χ2v) is 23.0. The average molecular weight is 1150 g/mol. The van der Waals surface area contributed by atoms with Crippen molar-refractivity contribution in [3.8, 4) is 0 Å². The Labute approximate surface area is 513 Å². The van der Waals surface area contributed by atoms with Crippen molar-refractivity contribution in [2.45, 2.75) is 335 Å². The second kappa shape index (κ2) is 70.3. The van der Waals surface area contributed by atoms with Crippen LogP contribution in [-0.4, -0.2) is 37.2 Å². The minimum Gasteiger partial charge on any atom is -0.462 e. The van der Waals surface area contributed by atoms with E-state index in [0.29, 0.717) is 19.3 Å². The van der Waals surface area contributed by atoms with E-state index in [9.17, 15) is 14.4 Å². The highest BCUT2D eigenvalue weighted by atomic mass is 16.6. The van der Waals surface area contributed by atoms with Crippen LogP contribution in [0.5, 0.6) is 0 Å². The second-order valence-electron chi connectivity index (χ2n) is 23.0. The van der Waals surface area contributed by atoms with Gasteiger partial charge in [0, 0.05) is 19.3 Å². The number of esters is 3. The van der Waals surface area contributed by atoms with Crippen LogP contribution in [0.2, 0.25) is 0 Å². The molecule has 0 radical (unpaired) electrons. The minimum atomic E-state index is -0.782. The molecule has 0 aliphatic carbocycles. The van der Waals surface area contributed by atoms with Crippen LogP contribution < -0.4 is 0 Å². The first-order valence-electron chi connectivity index (χ1n) is 35.0. The predicted octanol–water partition coefficient (Wildman–Crippen LogP) is 24.3. The molecule has 0 aromatic heterocycles. The maximum absolute atomic E-state index is 12.9. The molecule has 0 aliphatic rings. The fourth-order valence-electron chi connectivity index (χ4n) is 9.79. The fraction of sp³-hybridized carbons (Fsp3) is 0.701. The maximum Gasteiger partial charge on any atom is 0.306 e. The molecule has 0 spiro atoms. The van der Waals surface area contributed by atoms with Crippen LogP contribution in [0.15, 0.2) is 122 Å². The van der Waals surface area contributed by atoms with Gasteiger partial charge < -0.3 is 14.2 Å². The molecule has 6 nitrogen and oxygen atoms in total. The van der Waals surface area contributed by atoms with Crippen molar-refractivity contribution in [1.29, 1.82) is 0 Å². The zero-order valence-corrected chi connectivity index (χ0v) is 54.4. The molecule has 0 aliphatic heterocycles. The summed E-state index contributed by atoms with van der Waals surface area (Å²) >= 11 is 0. The van der Waals surface area contributed by atoms with Crippen LogP contribution in [0, 0.1) is 0 Å². The van der Waals surface area contributed by atoms with Crippen LogP contribution in [-0.2, 0) is 28.6 Å². The van der Waals surface area contributed by atoms with E-state index in [1.54, 1.807) is 0 Å². The molecule has 83 heavy (non-hydrogen) atoms. The Bertz CT molecular complexity index is 1700. The molecule has 1 atom stereocenters. The maximum atomic E-state index is 12.9. The number of carbonyl (C=O) groups is 3. The smallest absolute Gasteiger partial charge is 0.306 e. The summed E-state index contributed by atoms with van der Waals surface area (Å²) in [6.45, 7) is 6.39. The molecule has 6 heteroatoms. The highest BCUT2D eigenvalue weighted by Gasteiger charge is 2.19. The third-order valence-corrected chi connectivity index (χ3v) is 15.0. The molecular weight excluding hydrogens is 1020 g/mol. The van der Waals surface area contributed by atoms with Crippen LogP contribution in [0.1, 0.15) is 329 Å². The molecule has 474 valence electrons. The number of rotatable bonds is 63. The molecule has 0 N–H and O–H groups in total. The van der Waals surface area contributed by atoms with Gasteiger partial charge in [0.05, 0.1) is 0 Å². The molecule has 0 saturated heterocycles. The van der Waals surface area contributed by atoms with Gasteiger partial charge in [-0.3, -0.25) is 14.4 Å². The Morgan fingerprint density at radius 1 is 0.253 bits per heavy atom. The first kappa shape index (κ1) is 78.8. The average Bonchev–Trinajstić information content (AvgIpc) is 3.49. The monoisotopic (exact) mass is 1150 g/mol. The van der Waals surface area contributed by atoms with Gasteiger partial charge in [-0.15, -0.1) is 0 Å². The number of unbranched alkanes of at least 4 members (excludes halogenated alkanes) is 32. The SMILES string of the molecule is CC/C=C\C/C=C\C/C=C\C/C=C\C/C=C\C/C=C\CCCCCCCCCCC(=O)OC(COC(=O)CCCCCCCCC)COC(=O)CCCCCCCCCCCCCCCCCCCC/C=C\C/C=C\C/C=C\C/C=C\CC. The van der Waals surface area contributed by atoms with E-state index >= 15 is 0 Å². The van der Waals surface area contributed by atoms with Crippen LogP contribution in [0.4, 0.5) is 0 Å². The van der Waals surface area contributed by atoms with Gasteiger partial charge in [-0.25, -0.2) is 0 Å². The van der Waals surface area contributed by atoms with E-state index in [1.807, 2.05) is 0 Å². The summed E-state index contributed by atoms with van der Waals surface area (Å²) in [4.78, 5) is 38.2. The van der Waals surface area contributed by atoms with Crippen molar-refractivity contribution in [3.63, 3.8) is 0 Å². The summed E-state index contributed by atoms with van der Waals surface area (Å²) < 4.78 is 16.9. The number of ether oxygens (including phenoxy) is 3. The van der Waals surface area contributed by atoms with Crippen molar-refractivity contribution in [2.75, 3.05) is 13.2 Å². The molecule has 0 aromatic rings. The third kappa shape index (κ3) is 68.5. The zero-order valence-electron chi connectivity index (χ0n) is 54.4. The summed E-state index contributed by atoms with van der Waals surface area (Å²) in [5.41, 5.74) is 0. The topological polar surface area (TPSA) is 78.9 Å². The Hall–Kier alpha value is -4.19. The van der Waals surface area contributed by atoms with E-state index in [4.69, 9.17) is 14.2 Å². The van der Waals surface area contributed by atoms with Gasteiger partial charge in [0.25, 0.3) is 0 Å². The van der Waals surface area contributed by atoms with E-state index in [0.717, 1.165) is 128 Å². The molecule has 0 aromatic carbocycles. The van der Waals surface area contributed by atoms with Gasteiger partial charge >= 0.3 is 17.9 Å². The minimum absolute atomic E-state index is 0.0794. The summed E-state index contributed by atoms with van der Waals surface area (Å²) in [5, 5.41) is 0. The number of hydrogen-bond acceptors (Lipinski definition) is 6. The molecule has 0 fully saturated rings. The summed E-state index contributed by atoms with van der Waals surface area (Å²) in [6.07, 6.45) is 98.3. The Balaban J connectivity index is 4.09. The number of carbonyl (C=O) groups excluding carboxylic acids is 3. The lowest BCUT2D eigenvalue weighted by Gasteiger charge is -2.18. The van der Waals surface area contributed by atoms with Gasteiger partial charge in [0.15, 0.2) is 6.10 Å². The Morgan fingerprint density at radius 2 is 0.470 bits per heavy atom. The van der Waals surface area contributed by atoms with Gasteiger partial charge in [0.1, 0.15) is 13.2 Å².